The molecule has 2 fully saturated rings. The van der Waals surface area contributed by atoms with Gasteiger partial charge in [-0.05, 0) is 50.4 Å². The zero-order valence-electron chi connectivity index (χ0n) is 22.5. The number of nitrogens with two attached hydrogens (primary N) is 1. The molecule has 0 spiro atoms. The van der Waals surface area contributed by atoms with E-state index in [9.17, 15) is 0 Å². The molecule has 2 aromatic carbocycles. The summed E-state index contributed by atoms with van der Waals surface area (Å²) >= 11 is 0. The molecule has 8 nitrogen and oxygen atoms in total. The second kappa shape index (κ2) is 10.7. The lowest BCUT2D eigenvalue weighted by Gasteiger charge is -2.41. The SMILES string of the molecule is CN1CCN(C2CCC(n3nc(-c4ccc(N(C)Cc5ccccc5)cc4)c4c(N)ncnc43)CC2)CC1. The highest BCUT2D eigenvalue weighted by atomic mass is 15.3. The average Bonchev–Trinajstić information content (AvgIpc) is 3.35. The molecule has 0 unspecified atom stereocenters. The average molecular weight is 511 g/mol. The maximum absolute atomic E-state index is 6.41. The van der Waals surface area contributed by atoms with E-state index in [0.29, 0.717) is 17.9 Å². The minimum Gasteiger partial charge on any atom is -0.383 e. The van der Waals surface area contributed by atoms with Gasteiger partial charge in [-0.3, -0.25) is 4.90 Å². The molecular formula is C30H38N8. The van der Waals surface area contributed by atoms with Gasteiger partial charge in [-0.15, -0.1) is 0 Å². The van der Waals surface area contributed by atoms with E-state index in [2.05, 4.69) is 98.0 Å². The summed E-state index contributed by atoms with van der Waals surface area (Å²) in [4.78, 5) is 16.4. The lowest BCUT2D eigenvalue weighted by atomic mass is 9.90. The molecule has 3 heterocycles. The van der Waals surface area contributed by atoms with E-state index >= 15 is 0 Å². The number of hydrogen-bond acceptors (Lipinski definition) is 7. The highest BCUT2D eigenvalue weighted by Crippen LogP contribution is 2.37. The molecule has 0 radical (unpaired) electrons. The summed E-state index contributed by atoms with van der Waals surface area (Å²) < 4.78 is 2.14. The first-order valence-corrected chi connectivity index (χ1v) is 13.8. The smallest absolute Gasteiger partial charge is 0.164 e. The molecule has 0 amide bonds. The molecule has 8 heteroatoms. The second-order valence-corrected chi connectivity index (χ2v) is 10.9. The third kappa shape index (κ3) is 4.98. The zero-order chi connectivity index (χ0) is 26.1. The van der Waals surface area contributed by atoms with Gasteiger partial charge in [0.15, 0.2) is 5.65 Å². The number of fused-ring (bicyclic) bond motifs is 1. The third-order valence-corrected chi connectivity index (χ3v) is 8.43. The van der Waals surface area contributed by atoms with E-state index in [4.69, 9.17) is 10.8 Å². The highest BCUT2D eigenvalue weighted by Gasteiger charge is 2.30. The van der Waals surface area contributed by atoms with Crippen molar-refractivity contribution in [3.8, 4) is 11.3 Å². The van der Waals surface area contributed by atoms with E-state index in [-0.39, 0.29) is 0 Å². The van der Waals surface area contributed by atoms with E-state index in [0.717, 1.165) is 47.4 Å². The summed E-state index contributed by atoms with van der Waals surface area (Å²) in [6.07, 6.45) is 6.19. The van der Waals surface area contributed by atoms with Crippen LogP contribution in [-0.2, 0) is 6.54 Å². The molecule has 4 aromatic rings. The van der Waals surface area contributed by atoms with Crippen LogP contribution in [0.1, 0.15) is 37.3 Å². The van der Waals surface area contributed by atoms with Crippen LogP contribution in [0.4, 0.5) is 11.5 Å². The Morgan fingerprint density at radius 2 is 1.55 bits per heavy atom. The monoisotopic (exact) mass is 510 g/mol. The standard InChI is InChI=1S/C30H38N8/c1-35-16-18-37(19-17-35)25-12-14-26(15-13-25)38-30-27(29(31)32-21-33-30)28(34-38)23-8-10-24(11-9-23)36(2)20-22-6-4-3-5-7-22/h3-11,21,25-26H,12-20H2,1-2H3,(H2,31,32,33). The summed E-state index contributed by atoms with van der Waals surface area (Å²) in [7, 11) is 4.34. The molecular weight excluding hydrogens is 472 g/mol. The minimum absolute atomic E-state index is 0.334. The molecule has 0 atom stereocenters. The van der Waals surface area contributed by atoms with Crippen LogP contribution in [0.15, 0.2) is 60.9 Å². The number of anilines is 2. The first-order chi connectivity index (χ1) is 18.6. The summed E-state index contributed by atoms with van der Waals surface area (Å²) in [5.74, 6) is 0.493. The molecule has 1 saturated carbocycles. The van der Waals surface area contributed by atoms with Crippen molar-refractivity contribution in [1.82, 2.24) is 29.5 Å². The van der Waals surface area contributed by atoms with Crippen molar-refractivity contribution in [1.29, 1.82) is 0 Å². The fourth-order valence-corrected chi connectivity index (χ4v) is 6.13. The van der Waals surface area contributed by atoms with Crippen LogP contribution in [0.3, 0.4) is 0 Å². The summed E-state index contributed by atoms with van der Waals surface area (Å²) in [6, 6.07) is 20.1. The van der Waals surface area contributed by atoms with Crippen molar-refractivity contribution in [2.45, 2.75) is 44.3 Å². The van der Waals surface area contributed by atoms with Gasteiger partial charge in [0.1, 0.15) is 17.8 Å². The Kier molecular flexibility index (Phi) is 7.00. The lowest BCUT2D eigenvalue weighted by molar-refractivity contribution is 0.0815. The molecule has 0 bridgehead atoms. The van der Waals surface area contributed by atoms with Gasteiger partial charge < -0.3 is 15.5 Å². The number of likely N-dealkylation sites (N-methyl/N-ethyl adjacent to an activating group) is 1. The van der Waals surface area contributed by atoms with Crippen molar-refractivity contribution < 1.29 is 0 Å². The van der Waals surface area contributed by atoms with Crippen LogP contribution in [0.5, 0.6) is 0 Å². The molecule has 2 N–H and O–H groups in total. The molecule has 2 aliphatic rings. The number of rotatable bonds is 6. The summed E-state index contributed by atoms with van der Waals surface area (Å²) in [6.45, 7) is 5.56. The van der Waals surface area contributed by atoms with Crippen LogP contribution >= 0.6 is 0 Å². The van der Waals surface area contributed by atoms with Gasteiger partial charge in [-0.2, -0.15) is 5.10 Å². The second-order valence-electron chi connectivity index (χ2n) is 10.9. The molecule has 6 rings (SSSR count). The molecule has 2 aromatic heterocycles. The first-order valence-electron chi connectivity index (χ1n) is 13.8. The predicted molar refractivity (Wildman–Crippen MR) is 154 cm³/mol. The summed E-state index contributed by atoms with van der Waals surface area (Å²) in [5.41, 5.74) is 11.6. The van der Waals surface area contributed by atoms with Crippen molar-refractivity contribution >= 4 is 22.5 Å². The normalized spacial score (nSPS) is 21.1. The largest absolute Gasteiger partial charge is 0.383 e. The summed E-state index contributed by atoms with van der Waals surface area (Å²) in [5, 5.41) is 5.99. The van der Waals surface area contributed by atoms with E-state index in [1.165, 1.54) is 44.6 Å². The Bertz CT molecular complexity index is 1350. The van der Waals surface area contributed by atoms with Crippen molar-refractivity contribution in [2.24, 2.45) is 0 Å². The van der Waals surface area contributed by atoms with Gasteiger partial charge in [-0.1, -0.05) is 42.5 Å². The van der Waals surface area contributed by atoms with Gasteiger partial charge in [-0.25, -0.2) is 14.6 Å². The van der Waals surface area contributed by atoms with Crippen molar-refractivity contribution in [3.05, 3.63) is 66.5 Å². The van der Waals surface area contributed by atoms with E-state index in [1.54, 1.807) is 6.33 Å². The number of piperazine rings is 1. The number of aromatic nitrogens is 4. The quantitative estimate of drug-likeness (QED) is 0.411. The number of hydrogen-bond donors (Lipinski definition) is 1. The Morgan fingerprint density at radius 1 is 0.868 bits per heavy atom. The lowest BCUT2D eigenvalue weighted by Crippen LogP contribution is -2.49. The van der Waals surface area contributed by atoms with Gasteiger partial charge in [0.05, 0.1) is 11.4 Å². The first kappa shape index (κ1) is 24.8. The zero-order valence-corrected chi connectivity index (χ0v) is 22.5. The fraction of sp³-hybridized carbons (Fsp3) is 0.433. The van der Waals surface area contributed by atoms with Gasteiger partial charge >= 0.3 is 0 Å². The van der Waals surface area contributed by atoms with E-state index < -0.39 is 0 Å². The van der Waals surface area contributed by atoms with Crippen LogP contribution < -0.4 is 10.6 Å². The Balaban J connectivity index is 1.22. The maximum atomic E-state index is 6.41. The van der Waals surface area contributed by atoms with Crippen LogP contribution in [0.2, 0.25) is 0 Å². The van der Waals surface area contributed by atoms with Crippen LogP contribution in [0.25, 0.3) is 22.3 Å². The van der Waals surface area contributed by atoms with Gasteiger partial charge in [0, 0.05) is 57.1 Å². The fourth-order valence-electron chi connectivity index (χ4n) is 6.13. The Morgan fingerprint density at radius 3 is 2.26 bits per heavy atom. The molecule has 1 saturated heterocycles. The number of nitrogens with zero attached hydrogens (tertiary/aromatic N) is 7. The van der Waals surface area contributed by atoms with Crippen LogP contribution in [-0.4, -0.2) is 75.9 Å². The minimum atomic E-state index is 0.334. The molecule has 1 aliphatic carbocycles. The number of benzene rings is 2. The third-order valence-electron chi connectivity index (χ3n) is 8.43. The molecule has 1 aliphatic heterocycles. The van der Waals surface area contributed by atoms with Crippen LogP contribution in [0, 0.1) is 0 Å². The number of nitrogen functional groups attached to an aromatic ring is 1. The van der Waals surface area contributed by atoms with Gasteiger partial charge in [0.2, 0.25) is 0 Å². The van der Waals surface area contributed by atoms with Crippen molar-refractivity contribution in [2.75, 3.05) is 50.9 Å². The van der Waals surface area contributed by atoms with E-state index in [1.807, 2.05) is 0 Å². The Labute approximate surface area is 225 Å². The topological polar surface area (TPSA) is 79.3 Å². The predicted octanol–water partition coefficient (Wildman–Crippen LogP) is 4.44. The van der Waals surface area contributed by atoms with Crippen molar-refractivity contribution in [3.63, 3.8) is 0 Å². The molecule has 38 heavy (non-hydrogen) atoms. The van der Waals surface area contributed by atoms with Gasteiger partial charge in [0.25, 0.3) is 0 Å². The highest BCUT2D eigenvalue weighted by molar-refractivity contribution is 5.98. The Hall–Kier alpha value is -3.49. The molecule has 198 valence electrons. The maximum Gasteiger partial charge on any atom is 0.164 e.